The van der Waals surface area contributed by atoms with Crippen LogP contribution in [0.4, 0.5) is 0 Å². The summed E-state index contributed by atoms with van der Waals surface area (Å²) in [6, 6.07) is 0. The molecule has 10 bridgehead atoms. The molecule has 7 N–H and O–H groups in total. The SMILES string of the molecule is C=C/C=C/[C@@H](O)CC(=C)C[C@H]1O[C@@H]2[C@H](C)[C@@H](OC(=O)C[C@H]3C[C@H](OC(C)=O)C[C@@]4(C[C@@](C)(O)C[C@H](CC(=C)[C@@H](C)[C@H](OC(C)=O)[C@H](C)C(=O)C[C@@H]5C[C@H](OC)C[C@@]6(C[C@@H](O)C[C@H](/C=C\CCC[C@H]7O[C@](O)(C[C@H](O)[C@H]7C)[C@H]2O)O6)O5)O4)O3)[C@@H]1O. The maximum atomic E-state index is 14.4. The molecule has 0 radical (unpaired) electrons. The second kappa shape index (κ2) is 28.6. The minimum absolute atomic E-state index is 0.0156. The van der Waals surface area contributed by atoms with Crippen molar-refractivity contribution in [2.45, 2.75) is 278 Å². The Kier molecular flexibility index (Phi) is 23.0. The van der Waals surface area contributed by atoms with E-state index in [9.17, 15) is 54.9 Å². The Hall–Kier alpha value is -3.78. The molecule has 7 aliphatic rings. The Labute approximate surface area is 494 Å². The molecule has 474 valence electrons. The quantitative estimate of drug-likeness (QED) is 0.0663. The van der Waals surface area contributed by atoms with E-state index >= 15 is 0 Å². The lowest BCUT2D eigenvalue weighted by Crippen LogP contribution is -2.65. The summed E-state index contributed by atoms with van der Waals surface area (Å²) in [7, 11) is 1.57. The second-order valence-corrected chi connectivity index (χ2v) is 25.8. The standard InChI is InChI=1S/C63H96O21/c1-12-13-17-42(66)20-34(2)21-53-55(71)57-39(7)58(78-53)59(72)63(74)32-51(69)37(5)52(84-63)19-16-14-15-18-44-23-43(67)28-61(80-44)30-47(75-11)24-45(81-61)26-50(68)38(6)56(77-41(9)65)36(4)35(3)22-49-29-60(10,73)33-62(83-49)31-48(76-40(8)64)25-46(82-62)27-54(70)79-57/h12-13,15,17-18,36-39,42-49,51-53,55-59,66-67,69,71-74H,1-3,14,16,19-33H2,4-11H3/b17-13+,18-15-/t36-,37-,38-,39-,42-,43+,44+,45+,46-,47+,48+,49+,51+,52-,53-,55-,56+,57-,58-,59+,60+,61-,62-,63-/m1/s1. The molecule has 0 aromatic rings. The molecule has 6 saturated heterocycles. The van der Waals surface area contributed by atoms with Gasteiger partial charge in [0.2, 0.25) is 0 Å². The van der Waals surface area contributed by atoms with Crippen molar-refractivity contribution in [1.82, 2.24) is 0 Å². The fourth-order valence-electron chi connectivity index (χ4n) is 14.1. The summed E-state index contributed by atoms with van der Waals surface area (Å²) in [5.41, 5.74) is -0.456. The van der Waals surface area contributed by atoms with Crippen molar-refractivity contribution in [3.63, 3.8) is 0 Å². The number of esters is 3. The predicted molar refractivity (Wildman–Crippen MR) is 303 cm³/mol. The van der Waals surface area contributed by atoms with Crippen molar-refractivity contribution < 1.29 is 102 Å². The first-order valence-corrected chi connectivity index (χ1v) is 30.2. The van der Waals surface area contributed by atoms with Gasteiger partial charge in [-0.2, -0.15) is 0 Å². The number of hydrogen-bond donors (Lipinski definition) is 7. The van der Waals surface area contributed by atoms with Crippen LogP contribution in [0.5, 0.6) is 0 Å². The van der Waals surface area contributed by atoms with E-state index in [0.29, 0.717) is 43.3 Å². The third-order valence-electron chi connectivity index (χ3n) is 18.3. The molecule has 24 atom stereocenters. The highest BCUT2D eigenvalue weighted by Gasteiger charge is 2.58. The Morgan fingerprint density at radius 3 is 2.17 bits per heavy atom. The molecule has 2 spiro atoms. The third-order valence-corrected chi connectivity index (χ3v) is 18.3. The minimum atomic E-state index is -2.39. The van der Waals surface area contributed by atoms with Crippen LogP contribution in [0.3, 0.4) is 0 Å². The van der Waals surface area contributed by atoms with Gasteiger partial charge in [-0.25, -0.2) is 0 Å². The van der Waals surface area contributed by atoms with Crippen molar-refractivity contribution in [2.75, 3.05) is 7.11 Å². The molecular weight excluding hydrogens is 1090 g/mol. The van der Waals surface area contributed by atoms with Crippen LogP contribution in [0.25, 0.3) is 0 Å². The van der Waals surface area contributed by atoms with Crippen LogP contribution >= 0.6 is 0 Å². The zero-order valence-corrected chi connectivity index (χ0v) is 50.4. The molecule has 0 aliphatic carbocycles. The molecule has 7 rings (SSSR count). The average molecular weight is 1190 g/mol. The Bertz CT molecular complexity index is 2370. The summed E-state index contributed by atoms with van der Waals surface area (Å²) in [4.78, 5) is 54.3. The average Bonchev–Trinajstić information content (AvgIpc) is 1.09. The highest BCUT2D eigenvalue weighted by Crippen LogP contribution is 2.48. The van der Waals surface area contributed by atoms with Gasteiger partial charge in [0.15, 0.2) is 17.4 Å². The maximum Gasteiger partial charge on any atom is 0.308 e. The van der Waals surface area contributed by atoms with E-state index in [0.717, 1.165) is 0 Å². The highest BCUT2D eigenvalue weighted by molar-refractivity contribution is 5.82. The van der Waals surface area contributed by atoms with Crippen LogP contribution in [0.2, 0.25) is 0 Å². The zero-order chi connectivity index (χ0) is 61.6. The number of methoxy groups -OCH3 is 1. The van der Waals surface area contributed by atoms with Crippen molar-refractivity contribution in [1.29, 1.82) is 0 Å². The number of aliphatic hydroxyl groups excluding tert-OH is 5. The summed E-state index contributed by atoms with van der Waals surface area (Å²) in [5, 5.41) is 82.3. The number of carbonyl (C=O) groups is 4. The molecule has 7 aliphatic heterocycles. The van der Waals surface area contributed by atoms with Gasteiger partial charge >= 0.3 is 17.9 Å². The molecule has 21 nitrogen and oxygen atoms in total. The van der Waals surface area contributed by atoms with Gasteiger partial charge in [-0.05, 0) is 45.4 Å². The number of Topliss-reactive ketones (excluding diaryl/α,β-unsaturated/α-hetero) is 1. The molecule has 21 heteroatoms. The number of ketones is 1. The monoisotopic (exact) mass is 1190 g/mol. The third kappa shape index (κ3) is 17.3. The lowest BCUT2D eigenvalue weighted by atomic mass is 9.78. The van der Waals surface area contributed by atoms with E-state index in [1.54, 1.807) is 47.8 Å². The number of carbonyl (C=O) groups excluding carboxylic acids is 4. The molecular formula is C63H96O21. The van der Waals surface area contributed by atoms with Crippen molar-refractivity contribution in [3.8, 4) is 0 Å². The first-order chi connectivity index (χ1) is 39.4. The first-order valence-electron chi connectivity index (χ1n) is 30.2. The van der Waals surface area contributed by atoms with Crippen molar-refractivity contribution in [3.05, 3.63) is 61.3 Å². The van der Waals surface area contributed by atoms with Gasteiger partial charge in [-0.3, -0.25) is 19.2 Å². The number of ether oxygens (including phenoxy) is 10. The topological polar surface area (TPSA) is 302 Å². The Balaban J connectivity index is 1.22. The molecule has 0 amide bonds. The van der Waals surface area contributed by atoms with Gasteiger partial charge in [0.25, 0.3) is 0 Å². The van der Waals surface area contributed by atoms with Gasteiger partial charge < -0.3 is 83.1 Å². The molecule has 0 saturated carbocycles. The number of hydrogen-bond acceptors (Lipinski definition) is 21. The largest absolute Gasteiger partial charge is 0.462 e. The van der Waals surface area contributed by atoms with E-state index in [-0.39, 0.29) is 76.1 Å². The van der Waals surface area contributed by atoms with Crippen LogP contribution in [0, 0.1) is 23.7 Å². The maximum absolute atomic E-state index is 14.4. The number of rotatable bonds is 9. The van der Waals surface area contributed by atoms with E-state index in [1.165, 1.54) is 26.0 Å². The van der Waals surface area contributed by atoms with Gasteiger partial charge in [0, 0.05) is 103 Å². The van der Waals surface area contributed by atoms with Crippen LogP contribution in [0.1, 0.15) is 158 Å². The van der Waals surface area contributed by atoms with Gasteiger partial charge in [0.1, 0.15) is 36.3 Å². The van der Waals surface area contributed by atoms with Gasteiger partial charge in [-0.1, -0.05) is 89.0 Å². The Morgan fingerprint density at radius 2 is 1.48 bits per heavy atom. The number of aliphatic hydroxyl groups is 7. The molecule has 6 fully saturated rings. The van der Waals surface area contributed by atoms with Crippen molar-refractivity contribution in [2.24, 2.45) is 23.7 Å². The molecule has 84 heavy (non-hydrogen) atoms. The summed E-state index contributed by atoms with van der Waals surface area (Å²) < 4.78 is 63.4. The van der Waals surface area contributed by atoms with E-state index < -0.39 is 169 Å². The predicted octanol–water partition coefficient (Wildman–Crippen LogP) is 5.34. The summed E-state index contributed by atoms with van der Waals surface area (Å²) >= 11 is 0. The minimum Gasteiger partial charge on any atom is -0.462 e. The fourth-order valence-corrected chi connectivity index (χ4v) is 14.1. The Morgan fingerprint density at radius 1 is 0.810 bits per heavy atom. The van der Waals surface area contributed by atoms with Gasteiger partial charge in [-0.15, -0.1) is 0 Å². The van der Waals surface area contributed by atoms with E-state index in [2.05, 4.69) is 19.7 Å². The van der Waals surface area contributed by atoms with E-state index in [1.807, 2.05) is 12.2 Å². The van der Waals surface area contributed by atoms with Crippen LogP contribution in [-0.4, -0.2) is 187 Å². The summed E-state index contributed by atoms with van der Waals surface area (Å²) in [6.07, 6.45) is -6.46. The van der Waals surface area contributed by atoms with E-state index in [4.69, 9.17) is 47.4 Å². The van der Waals surface area contributed by atoms with Crippen molar-refractivity contribution >= 4 is 23.7 Å². The molecule has 0 aromatic carbocycles. The number of fused-ring (bicyclic) bond motifs is 8. The van der Waals surface area contributed by atoms with Crippen LogP contribution in [-0.2, 0) is 66.5 Å². The smallest absolute Gasteiger partial charge is 0.308 e. The summed E-state index contributed by atoms with van der Waals surface area (Å²) in [5.74, 6) is -10.6. The van der Waals surface area contributed by atoms with Crippen LogP contribution in [0.15, 0.2) is 61.3 Å². The van der Waals surface area contributed by atoms with Gasteiger partial charge in [0.05, 0.1) is 85.1 Å². The summed E-state index contributed by atoms with van der Waals surface area (Å²) in [6.45, 7) is 23.1. The lowest BCUT2D eigenvalue weighted by molar-refractivity contribution is -0.351. The zero-order valence-electron chi connectivity index (χ0n) is 50.4. The molecule has 0 aromatic heterocycles. The second-order valence-electron chi connectivity index (χ2n) is 25.8. The van der Waals surface area contributed by atoms with Crippen LogP contribution < -0.4 is 0 Å². The molecule has 7 heterocycles. The normalized spacial score (nSPS) is 44.9. The first kappa shape index (κ1) is 67.7. The fraction of sp³-hybridized carbons (Fsp3) is 0.778. The number of allylic oxidation sites excluding steroid dienone is 3. The molecule has 0 unspecified atom stereocenters. The lowest BCUT2D eigenvalue weighted by Gasteiger charge is -2.52. The highest BCUT2D eigenvalue weighted by atomic mass is 16.7.